The quantitative estimate of drug-likeness (QED) is 0.801. The van der Waals surface area contributed by atoms with E-state index in [0.29, 0.717) is 12.0 Å². The monoisotopic (exact) mass is 334 g/mol. The van der Waals surface area contributed by atoms with Crippen molar-refractivity contribution in [2.45, 2.75) is 58.7 Å². The molecule has 2 aliphatic heterocycles. The molecule has 2 fully saturated rings. The lowest BCUT2D eigenvalue weighted by molar-refractivity contribution is 0.0214. The van der Waals surface area contributed by atoms with Crippen LogP contribution in [0.4, 0.5) is 0 Å². The SMILES string of the molecule is CC(C)Cn1cncc1CN1CCCOC(CN2CCCCC2)C1. The standard InChI is InChI=1S/C19H34N4O/c1-17(2)12-23-16-20-11-18(23)13-22-9-6-10-24-19(15-22)14-21-7-4-3-5-8-21/h11,16-17,19H,3-10,12-15H2,1-2H3. The van der Waals surface area contributed by atoms with Crippen molar-refractivity contribution in [1.82, 2.24) is 19.4 Å². The first-order chi connectivity index (χ1) is 11.7. The van der Waals surface area contributed by atoms with Crippen LogP contribution in [-0.4, -0.2) is 64.8 Å². The molecule has 0 bridgehead atoms. The molecule has 2 aliphatic rings. The second-order valence-corrected chi connectivity index (χ2v) is 7.87. The second-order valence-electron chi connectivity index (χ2n) is 7.87. The summed E-state index contributed by atoms with van der Waals surface area (Å²) in [5.41, 5.74) is 1.34. The number of piperidine rings is 1. The van der Waals surface area contributed by atoms with Gasteiger partial charge < -0.3 is 14.2 Å². The zero-order chi connectivity index (χ0) is 16.8. The second kappa shape index (κ2) is 8.97. The molecule has 3 heterocycles. The number of likely N-dealkylation sites (tertiary alicyclic amines) is 1. The summed E-state index contributed by atoms with van der Waals surface area (Å²) in [5.74, 6) is 0.650. The number of imidazole rings is 1. The molecule has 2 saturated heterocycles. The van der Waals surface area contributed by atoms with Crippen LogP contribution >= 0.6 is 0 Å². The zero-order valence-corrected chi connectivity index (χ0v) is 15.5. The van der Waals surface area contributed by atoms with E-state index >= 15 is 0 Å². The minimum absolute atomic E-state index is 0.354. The van der Waals surface area contributed by atoms with Gasteiger partial charge >= 0.3 is 0 Å². The van der Waals surface area contributed by atoms with Crippen molar-refractivity contribution in [2.75, 3.05) is 39.3 Å². The Hall–Kier alpha value is -0.910. The number of rotatable bonds is 6. The van der Waals surface area contributed by atoms with E-state index in [2.05, 4.69) is 33.2 Å². The Morgan fingerprint density at radius 2 is 1.92 bits per heavy atom. The highest BCUT2D eigenvalue weighted by atomic mass is 16.5. The molecule has 0 spiro atoms. The lowest BCUT2D eigenvalue weighted by atomic mass is 10.1. The zero-order valence-electron chi connectivity index (χ0n) is 15.5. The maximum Gasteiger partial charge on any atom is 0.0948 e. The average molecular weight is 335 g/mol. The number of nitrogens with zero attached hydrogens (tertiary/aromatic N) is 4. The Morgan fingerprint density at radius 3 is 2.71 bits per heavy atom. The van der Waals surface area contributed by atoms with Crippen LogP contribution < -0.4 is 0 Å². The van der Waals surface area contributed by atoms with E-state index in [-0.39, 0.29) is 0 Å². The molecule has 0 amide bonds. The first kappa shape index (κ1) is 17.9. The number of aromatic nitrogens is 2. The van der Waals surface area contributed by atoms with Gasteiger partial charge in [-0.3, -0.25) is 4.90 Å². The third kappa shape index (κ3) is 5.30. The summed E-state index contributed by atoms with van der Waals surface area (Å²) in [5, 5.41) is 0. The van der Waals surface area contributed by atoms with Gasteiger partial charge in [0.15, 0.2) is 0 Å². The van der Waals surface area contributed by atoms with E-state index in [9.17, 15) is 0 Å². The molecule has 1 aromatic rings. The van der Waals surface area contributed by atoms with Gasteiger partial charge in [0.1, 0.15) is 0 Å². The predicted octanol–water partition coefficient (Wildman–Crippen LogP) is 2.62. The summed E-state index contributed by atoms with van der Waals surface area (Å²) in [6, 6.07) is 0. The lowest BCUT2D eigenvalue weighted by Crippen LogP contribution is -2.42. The number of hydrogen-bond acceptors (Lipinski definition) is 4. The van der Waals surface area contributed by atoms with Gasteiger partial charge in [0.2, 0.25) is 0 Å². The minimum atomic E-state index is 0.354. The van der Waals surface area contributed by atoms with E-state index in [1.54, 1.807) is 0 Å². The molecule has 0 saturated carbocycles. The van der Waals surface area contributed by atoms with Crippen LogP contribution in [0.2, 0.25) is 0 Å². The normalized spacial score (nSPS) is 24.4. The third-order valence-electron chi connectivity index (χ3n) is 5.09. The molecular weight excluding hydrogens is 300 g/mol. The Bertz CT molecular complexity index is 481. The van der Waals surface area contributed by atoms with Crippen LogP contribution in [0.1, 0.15) is 45.2 Å². The number of ether oxygens (including phenoxy) is 1. The lowest BCUT2D eigenvalue weighted by Gasteiger charge is -2.31. The Morgan fingerprint density at radius 1 is 1.12 bits per heavy atom. The maximum atomic E-state index is 6.14. The summed E-state index contributed by atoms with van der Waals surface area (Å²) in [6.45, 7) is 13.2. The highest BCUT2D eigenvalue weighted by Gasteiger charge is 2.23. The highest BCUT2D eigenvalue weighted by Crippen LogP contribution is 2.15. The van der Waals surface area contributed by atoms with E-state index in [0.717, 1.165) is 45.8 Å². The molecule has 0 radical (unpaired) electrons. The molecule has 3 rings (SSSR count). The fraction of sp³-hybridized carbons (Fsp3) is 0.842. The summed E-state index contributed by atoms with van der Waals surface area (Å²) < 4.78 is 8.46. The van der Waals surface area contributed by atoms with Gasteiger partial charge in [0.25, 0.3) is 0 Å². The third-order valence-corrected chi connectivity index (χ3v) is 5.09. The van der Waals surface area contributed by atoms with Gasteiger partial charge in [-0.05, 0) is 38.3 Å². The van der Waals surface area contributed by atoms with Crippen LogP contribution in [0.3, 0.4) is 0 Å². The van der Waals surface area contributed by atoms with Crippen LogP contribution in [-0.2, 0) is 17.8 Å². The molecule has 1 aromatic heterocycles. The van der Waals surface area contributed by atoms with Crippen molar-refractivity contribution < 1.29 is 4.74 Å². The molecule has 0 aliphatic carbocycles. The topological polar surface area (TPSA) is 33.5 Å². The van der Waals surface area contributed by atoms with Gasteiger partial charge in [-0.25, -0.2) is 4.98 Å². The average Bonchev–Trinajstić information content (AvgIpc) is 2.85. The van der Waals surface area contributed by atoms with Gasteiger partial charge in [-0.1, -0.05) is 20.3 Å². The van der Waals surface area contributed by atoms with Gasteiger partial charge in [0, 0.05) is 45.5 Å². The van der Waals surface area contributed by atoms with Crippen LogP contribution in [0.25, 0.3) is 0 Å². The predicted molar refractivity (Wildman–Crippen MR) is 97.0 cm³/mol. The van der Waals surface area contributed by atoms with E-state index in [1.165, 1.54) is 38.0 Å². The summed E-state index contributed by atoms with van der Waals surface area (Å²) in [4.78, 5) is 9.54. The van der Waals surface area contributed by atoms with Crippen LogP contribution in [0, 0.1) is 5.92 Å². The number of hydrogen-bond donors (Lipinski definition) is 0. The molecular formula is C19H34N4O. The highest BCUT2D eigenvalue weighted by molar-refractivity contribution is 4.99. The Balaban J connectivity index is 1.55. The molecule has 1 unspecified atom stereocenters. The minimum Gasteiger partial charge on any atom is -0.376 e. The van der Waals surface area contributed by atoms with Crippen molar-refractivity contribution in [3.8, 4) is 0 Å². The van der Waals surface area contributed by atoms with E-state index in [1.807, 2.05) is 12.5 Å². The molecule has 5 heteroatoms. The summed E-state index contributed by atoms with van der Waals surface area (Å²) >= 11 is 0. The fourth-order valence-electron chi connectivity index (χ4n) is 3.92. The van der Waals surface area contributed by atoms with Gasteiger partial charge in [-0.15, -0.1) is 0 Å². The van der Waals surface area contributed by atoms with Crippen LogP contribution in [0.15, 0.2) is 12.5 Å². The van der Waals surface area contributed by atoms with Crippen molar-refractivity contribution in [2.24, 2.45) is 5.92 Å². The summed E-state index contributed by atoms with van der Waals surface area (Å²) in [6.07, 6.45) is 9.60. The van der Waals surface area contributed by atoms with E-state index < -0.39 is 0 Å². The van der Waals surface area contributed by atoms with Crippen molar-refractivity contribution in [3.05, 3.63) is 18.2 Å². The Kier molecular flexibility index (Phi) is 6.69. The first-order valence-corrected chi connectivity index (χ1v) is 9.76. The fourth-order valence-corrected chi connectivity index (χ4v) is 3.92. The summed E-state index contributed by atoms with van der Waals surface area (Å²) in [7, 11) is 0. The van der Waals surface area contributed by atoms with Gasteiger partial charge in [-0.2, -0.15) is 0 Å². The van der Waals surface area contributed by atoms with Crippen molar-refractivity contribution in [3.63, 3.8) is 0 Å². The van der Waals surface area contributed by atoms with E-state index in [4.69, 9.17) is 4.74 Å². The molecule has 0 N–H and O–H groups in total. The Labute approximate surface area is 147 Å². The smallest absolute Gasteiger partial charge is 0.0948 e. The van der Waals surface area contributed by atoms with Crippen LogP contribution in [0.5, 0.6) is 0 Å². The van der Waals surface area contributed by atoms with Crippen molar-refractivity contribution >= 4 is 0 Å². The largest absolute Gasteiger partial charge is 0.376 e. The van der Waals surface area contributed by atoms with Gasteiger partial charge in [0.05, 0.1) is 18.1 Å². The van der Waals surface area contributed by atoms with Crippen molar-refractivity contribution in [1.29, 1.82) is 0 Å². The first-order valence-electron chi connectivity index (χ1n) is 9.76. The molecule has 24 heavy (non-hydrogen) atoms. The molecule has 136 valence electrons. The molecule has 1 atom stereocenters. The molecule has 5 nitrogen and oxygen atoms in total. The maximum absolute atomic E-state index is 6.14. The molecule has 0 aromatic carbocycles.